The molecule has 2 aliphatic heterocycles. The first kappa shape index (κ1) is 14.1. The first-order valence-corrected chi connectivity index (χ1v) is 7.74. The highest BCUT2D eigenvalue weighted by atomic mass is 16.6. The van der Waals surface area contributed by atoms with Gasteiger partial charge in [0.25, 0.3) is 0 Å². The number of carbonyl (C=O) groups excluding carboxylic acids is 1. The highest BCUT2D eigenvalue weighted by Crippen LogP contribution is 2.34. The van der Waals surface area contributed by atoms with E-state index in [4.69, 9.17) is 9.47 Å². The Morgan fingerprint density at radius 1 is 1.43 bits per heavy atom. The Bertz CT molecular complexity index is 743. The van der Waals surface area contributed by atoms with Crippen molar-refractivity contribution < 1.29 is 14.3 Å². The van der Waals surface area contributed by atoms with E-state index in [2.05, 4.69) is 10.3 Å². The number of rotatable bonds is 4. The van der Waals surface area contributed by atoms with Crippen LogP contribution < -0.4 is 15.0 Å². The summed E-state index contributed by atoms with van der Waals surface area (Å²) in [6.45, 7) is 4.52. The zero-order chi connectivity index (χ0) is 15.8. The minimum absolute atomic E-state index is 0.125. The number of imidazole rings is 1. The standard InChI is InChI=1S/C16H18N4O3/c1-2-17-8-12-9-20(16(21)23-12)11-3-4-13-14(7-11)22-10-15-18-5-6-19(13)15/h3-7,12,17H,2,8-10H2,1H3/t12-/m0/s1. The SMILES string of the molecule is CCNC[C@H]1CN(c2ccc3c(c2)OCc2nccn2-3)C(=O)O1. The van der Waals surface area contributed by atoms with Crippen molar-refractivity contribution in [1.29, 1.82) is 0 Å². The number of amides is 1. The first-order chi connectivity index (χ1) is 11.3. The van der Waals surface area contributed by atoms with Crippen LogP contribution >= 0.6 is 0 Å². The molecule has 0 spiro atoms. The second-order valence-electron chi connectivity index (χ2n) is 5.58. The van der Waals surface area contributed by atoms with Crippen molar-refractivity contribution >= 4 is 11.8 Å². The fourth-order valence-corrected chi connectivity index (χ4v) is 2.93. The van der Waals surface area contributed by atoms with Gasteiger partial charge in [-0.3, -0.25) is 9.47 Å². The van der Waals surface area contributed by atoms with E-state index in [9.17, 15) is 4.79 Å². The van der Waals surface area contributed by atoms with Crippen LogP contribution in [-0.2, 0) is 11.3 Å². The molecule has 3 heterocycles. The van der Waals surface area contributed by atoms with Crippen molar-refractivity contribution in [2.45, 2.75) is 19.6 Å². The number of nitrogens with zero attached hydrogens (tertiary/aromatic N) is 3. The maximum absolute atomic E-state index is 12.1. The molecule has 0 aliphatic carbocycles. The van der Waals surface area contributed by atoms with Crippen molar-refractivity contribution in [2.24, 2.45) is 0 Å². The Morgan fingerprint density at radius 2 is 2.35 bits per heavy atom. The lowest BCUT2D eigenvalue weighted by atomic mass is 10.2. The van der Waals surface area contributed by atoms with Crippen LogP contribution in [0.3, 0.4) is 0 Å². The minimum atomic E-state index is -0.313. The Kier molecular flexibility index (Phi) is 3.42. The fraction of sp³-hybridized carbons (Fsp3) is 0.375. The number of benzene rings is 1. The van der Waals surface area contributed by atoms with Gasteiger partial charge in [0.1, 0.15) is 18.5 Å². The summed E-state index contributed by atoms with van der Waals surface area (Å²) in [6, 6.07) is 5.74. The Balaban J connectivity index is 1.58. The van der Waals surface area contributed by atoms with Gasteiger partial charge in [-0.1, -0.05) is 6.92 Å². The highest BCUT2D eigenvalue weighted by Gasteiger charge is 2.32. The molecule has 0 radical (unpaired) electrons. The smallest absolute Gasteiger partial charge is 0.414 e. The minimum Gasteiger partial charge on any atom is -0.483 e. The van der Waals surface area contributed by atoms with Crippen molar-refractivity contribution in [3.05, 3.63) is 36.4 Å². The molecule has 1 aromatic carbocycles. The van der Waals surface area contributed by atoms with Gasteiger partial charge in [-0.2, -0.15) is 0 Å². The normalized spacial score (nSPS) is 19.1. The molecule has 7 nitrogen and oxygen atoms in total. The molecule has 23 heavy (non-hydrogen) atoms. The average Bonchev–Trinajstić information content (AvgIpc) is 3.18. The van der Waals surface area contributed by atoms with Crippen LogP contribution in [0.4, 0.5) is 10.5 Å². The van der Waals surface area contributed by atoms with Crippen LogP contribution in [0.2, 0.25) is 0 Å². The number of anilines is 1. The van der Waals surface area contributed by atoms with Crippen molar-refractivity contribution in [3.63, 3.8) is 0 Å². The number of carbonyl (C=O) groups is 1. The lowest BCUT2D eigenvalue weighted by molar-refractivity contribution is 0.140. The fourth-order valence-electron chi connectivity index (χ4n) is 2.93. The first-order valence-electron chi connectivity index (χ1n) is 7.74. The molecule has 1 aromatic heterocycles. The average molecular weight is 314 g/mol. The summed E-state index contributed by atoms with van der Waals surface area (Å²) >= 11 is 0. The molecule has 4 rings (SSSR count). The molecule has 7 heteroatoms. The summed E-state index contributed by atoms with van der Waals surface area (Å²) in [5.41, 5.74) is 1.72. The summed E-state index contributed by atoms with van der Waals surface area (Å²) in [5.74, 6) is 1.62. The number of nitrogens with one attached hydrogen (secondary N) is 1. The van der Waals surface area contributed by atoms with Crippen LogP contribution in [0, 0.1) is 0 Å². The van der Waals surface area contributed by atoms with E-state index in [0.717, 1.165) is 29.5 Å². The van der Waals surface area contributed by atoms with Crippen molar-refractivity contribution in [2.75, 3.05) is 24.5 Å². The third kappa shape index (κ3) is 2.43. The molecular weight excluding hydrogens is 296 g/mol. The lowest BCUT2D eigenvalue weighted by Gasteiger charge is -2.22. The predicted molar refractivity (Wildman–Crippen MR) is 84.1 cm³/mol. The van der Waals surface area contributed by atoms with Gasteiger partial charge in [0.2, 0.25) is 0 Å². The van der Waals surface area contributed by atoms with E-state index >= 15 is 0 Å². The maximum Gasteiger partial charge on any atom is 0.414 e. The molecule has 1 fully saturated rings. The molecule has 2 aromatic rings. The number of fused-ring (bicyclic) bond motifs is 3. The number of aromatic nitrogens is 2. The molecule has 1 N–H and O–H groups in total. The second kappa shape index (κ2) is 5.58. The molecule has 0 bridgehead atoms. The third-order valence-corrected chi connectivity index (χ3v) is 4.08. The lowest BCUT2D eigenvalue weighted by Crippen LogP contribution is -2.30. The quantitative estimate of drug-likeness (QED) is 0.930. The van der Waals surface area contributed by atoms with Crippen molar-refractivity contribution in [1.82, 2.24) is 14.9 Å². The van der Waals surface area contributed by atoms with E-state index in [0.29, 0.717) is 19.7 Å². The van der Waals surface area contributed by atoms with E-state index in [-0.39, 0.29) is 12.2 Å². The number of likely N-dealkylation sites (N-methyl/N-ethyl adjacent to an activating group) is 1. The van der Waals surface area contributed by atoms with Crippen LogP contribution in [0.25, 0.3) is 5.69 Å². The van der Waals surface area contributed by atoms with E-state index in [1.165, 1.54) is 0 Å². The highest BCUT2D eigenvalue weighted by molar-refractivity contribution is 5.90. The van der Waals surface area contributed by atoms with Gasteiger partial charge in [-0.15, -0.1) is 0 Å². The second-order valence-corrected chi connectivity index (χ2v) is 5.58. The van der Waals surface area contributed by atoms with Gasteiger partial charge in [0.15, 0.2) is 5.82 Å². The molecular formula is C16H18N4O3. The molecule has 2 aliphatic rings. The van der Waals surface area contributed by atoms with E-state index < -0.39 is 0 Å². The number of hydrogen-bond acceptors (Lipinski definition) is 5. The van der Waals surface area contributed by atoms with E-state index in [1.54, 1.807) is 11.1 Å². The zero-order valence-corrected chi connectivity index (χ0v) is 12.9. The topological polar surface area (TPSA) is 68.6 Å². The van der Waals surface area contributed by atoms with Crippen molar-refractivity contribution in [3.8, 4) is 11.4 Å². The molecule has 1 saturated heterocycles. The Hall–Kier alpha value is -2.54. The van der Waals surface area contributed by atoms with Crippen LogP contribution in [0.1, 0.15) is 12.7 Å². The molecule has 0 saturated carbocycles. The Labute approximate surface area is 133 Å². The van der Waals surface area contributed by atoms with Crippen LogP contribution in [0.15, 0.2) is 30.6 Å². The molecule has 0 unspecified atom stereocenters. The number of ether oxygens (including phenoxy) is 2. The van der Waals surface area contributed by atoms with Gasteiger partial charge in [-0.25, -0.2) is 9.78 Å². The van der Waals surface area contributed by atoms with Gasteiger partial charge in [0.05, 0.1) is 17.9 Å². The summed E-state index contributed by atoms with van der Waals surface area (Å²) in [5, 5.41) is 3.20. The third-order valence-electron chi connectivity index (χ3n) is 4.08. The predicted octanol–water partition coefficient (Wildman–Crippen LogP) is 1.70. The van der Waals surface area contributed by atoms with Gasteiger partial charge >= 0.3 is 6.09 Å². The van der Waals surface area contributed by atoms with Gasteiger partial charge in [0, 0.05) is 25.0 Å². The van der Waals surface area contributed by atoms with Gasteiger partial charge < -0.3 is 14.8 Å². The monoisotopic (exact) mass is 314 g/mol. The zero-order valence-electron chi connectivity index (χ0n) is 12.9. The summed E-state index contributed by atoms with van der Waals surface area (Å²) in [4.78, 5) is 18.0. The summed E-state index contributed by atoms with van der Waals surface area (Å²) in [6.07, 6.45) is 3.23. The molecule has 1 amide bonds. The van der Waals surface area contributed by atoms with Crippen LogP contribution in [0.5, 0.6) is 5.75 Å². The molecule has 1 atom stereocenters. The Morgan fingerprint density at radius 3 is 3.22 bits per heavy atom. The van der Waals surface area contributed by atoms with E-state index in [1.807, 2.05) is 35.9 Å². The van der Waals surface area contributed by atoms with Gasteiger partial charge in [-0.05, 0) is 18.7 Å². The summed E-state index contributed by atoms with van der Waals surface area (Å²) < 4.78 is 13.1. The number of hydrogen-bond donors (Lipinski definition) is 1. The summed E-state index contributed by atoms with van der Waals surface area (Å²) in [7, 11) is 0. The molecule has 120 valence electrons. The van der Waals surface area contributed by atoms with Crippen LogP contribution in [-0.4, -0.2) is 41.4 Å². The number of cyclic esters (lactones) is 1. The largest absolute Gasteiger partial charge is 0.483 e. The maximum atomic E-state index is 12.1.